The van der Waals surface area contributed by atoms with Crippen molar-refractivity contribution in [2.45, 2.75) is 78.8 Å². The van der Waals surface area contributed by atoms with Crippen molar-refractivity contribution in [2.24, 2.45) is 0 Å². The average Bonchev–Trinajstić information content (AvgIpc) is 3.61. The molecule has 1 aliphatic rings. The molecular formula is C43H45N5O2. The molecule has 0 radical (unpaired) electrons. The van der Waals surface area contributed by atoms with Gasteiger partial charge in [-0.05, 0) is 117 Å². The lowest BCUT2D eigenvalue weighted by Gasteiger charge is -2.23. The molecule has 6 rings (SSSR count). The van der Waals surface area contributed by atoms with Crippen LogP contribution in [0.25, 0.3) is 22.5 Å². The van der Waals surface area contributed by atoms with Gasteiger partial charge in [0.1, 0.15) is 11.8 Å². The van der Waals surface area contributed by atoms with Crippen molar-refractivity contribution in [1.82, 2.24) is 19.9 Å². The fourth-order valence-electron chi connectivity index (χ4n) is 6.98. The smallest absolute Gasteiger partial charge is 0.306 e. The van der Waals surface area contributed by atoms with Gasteiger partial charge in [-0.3, -0.25) is 19.7 Å². The molecule has 7 heteroatoms. The van der Waals surface area contributed by atoms with Gasteiger partial charge in [0.15, 0.2) is 0 Å². The summed E-state index contributed by atoms with van der Waals surface area (Å²) in [5.74, 6) is -0.244. The molecule has 0 N–H and O–H groups in total. The van der Waals surface area contributed by atoms with E-state index in [-0.39, 0.29) is 12.4 Å². The highest BCUT2D eigenvalue weighted by Crippen LogP contribution is 2.37. The van der Waals surface area contributed by atoms with Crippen molar-refractivity contribution in [3.63, 3.8) is 0 Å². The molecule has 5 aromatic rings. The molecule has 0 atom stereocenters. The van der Waals surface area contributed by atoms with E-state index in [0.29, 0.717) is 24.3 Å². The molecule has 0 spiro atoms. The first-order valence-electron chi connectivity index (χ1n) is 17.8. The van der Waals surface area contributed by atoms with Crippen LogP contribution < -0.4 is 0 Å². The number of carbonyl (C=O) groups is 1. The summed E-state index contributed by atoms with van der Waals surface area (Å²) in [6, 6.07) is 27.9. The monoisotopic (exact) mass is 663 g/mol. The van der Waals surface area contributed by atoms with Gasteiger partial charge in [-0.15, -0.1) is 0 Å². The maximum Gasteiger partial charge on any atom is 0.306 e. The third kappa shape index (κ3) is 8.33. The quantitative estimate of drug-likeness (QED) is 0.110. The number of benzene rings is 2. The zero-order valence-electron chi connectivity index (χ0n) is 29.4. The van der Waals surface area contributed by atoms with Crippen LogP contribution in [0.4, 0.5) is 0 Å². The highest BCUT2D eigenvalue weighted by molar-refractivity contribution is 5.76. The van der Waals surface area contributed by atoms with Crippen molar-refractivity contribution < 1.29 is 9.53 Å². The largest absolute Gasteiger partial charge is 0.466 e. The summed E-state index contributed by atoms with van der Waals surface area (Å²) in [5, 5.41) is 9.91. The first-order chi connectivity index (χ1) is 24.4. The molecule has 7 nitrogen and oxygen atoms in total. The summed E-state index contributed by atoms with van der Waals surface area (Å²) in [6.45, 7) is 9.13. The molecule has 3 aromatic heterocycles. The van der Waals surface area contributed by atoms with Crippen LogP contribution in [-0.2, 0) is 48.3 Å². The molecule has 0 bridgehead atoms. The number of rotatable bonds is 14. The predicted molar refractivity (Wildman–Crippen MR) is 197 cm³/mol. The van der Waals surface area contributed by atoms with Gasteiger partial charge in [0.25, 0.3) is 0 Å². The third-order valence-corrected chi connectivity index (χ3v) is 9.68. The maximum absolute atomic E-state index is 12.0. The first kappa shape index (κ1) is 34.7. The number of hydrogen-bond donors (Lipinski definition) is 0. The Labute approximate surface area is 296 Å². The molecular weight excluding hydrogens is 619 g/mol. The SMILES string of the molecule is CCOC(=O)CCc1cnc(C#N)c(-c2ncc(-c3nc(CCCN(Cc4ccccc4)Cc4ccccc4)cc4c3CCC4)c(C)c2C)c1. The lowest BCUT2D eigenvalue weighted by molar-refractivity contribution is -0.143. The highest BCUT2D eigenvalue weighted by atomic mass is 16.5. The Hall–Kier alpha value is -5.19. The molecule has 2 aromatic carbocycles. The Balaban J connectivity index is 1.24. The average molecular weight is 664 g/mol. The summed E-state index contributed by atoms with van der Waals surface area (Å²) in [5.41, 5.74) is 13.3. The van der Waals surface area contributed by atoms with E-state index >= 15 is 0 Å². The van der Waals surface area contributed by atoms with Gasteiger partial charge in [0.2, 0.25) is 0 Å². The van der Waals surface area contributed by atoms with E-state index in [4.69, 9.17) is 14.7 Å². The lowest BCUT2D eigenvalue weighted by atomic mass is 9.93. The van der Waals surface area contributed by atoms with Crippen molar-refractivity contribution in [2.75, 3.05) is 13.2 Å². The van der Waals surface area contributed by atoms with Gasteiger partial charge >= 0.3 is 5.97 Å². The Morgan fingerprint density at radius 2 is 1.56 bits per heavy atom. The molecule has 50 heavy (non-hydrogen) atoms. The molecule has 0 saturated heterocycles. The van der Waals surface area contributed by atoms with E-state index in [9.17, 15) is 10.1 Å². The normalized spacial score (nSPS) is 12.1. The minimum absolute atomic E-state index is 0.244. The third-order valence-electron chi connectivity index (χ3n) is 9.68. The summed E-state index contributed by atoms with van der Waals surface area (Å²) in [6.07, 6.45) is 9.48. The summed E-state index contributed by atoms with van der Waals surface area (Å²) in [4.78, 5) is 29.2. The van der Waals surface area contributed by atoms with Crippen LogP contribution in [-0.4, -0.2) is 39.0 Å². The summed E-state index contributed by atoms with van der Waals surface area (Å²) in [7, 11) is 0. The van der Waals surface area contributed by atoms with Crippen LogP contribution in [0.2, 0.25) is 0 Å². The molecule has 254 valence electrons. The molecule has 0 fully saturated rings. The van der Waals surface area contributed by atoms with E-state index < -0.39 is 0 Å². The number of aromatic nitrogens is 3. The predicted octanol–water partition coefficient (Wildman–Crippen LogP) is 8.31. The number of nitrogens with zero attached hydrogens (tertiary/aromatic N) is 5. The number of esters is 1. The number of ether oxygens (including phenoxy) is 1. The van der Waals surface area contributed by atoms with Crippen molar-refractivity contribution in [1.29, 1.82) is 5.26 Å². The van der Waals surface area contributed by atoms with Gasteiger partial charge < -0.3 is 4.74 Å². The highest BCUT2D eigenvalue weighted by Gasteiger charge is 2.23. The second-order valence-electron chi connectivity index (χ2n) is 13.2. The van der Waals surface area contributed by atoms with Gasteiger partial charge in [-0.25, -0.2) is 4.98 Å². The minimum Gasteiger partial charge on any atom is -0.466 e. The topological polar surface area (TPSA) is 92.0 Å². The van der Waals surface area contributed by atoms with Crippen LogP contribution in [0.1, 0.15) is 76.5 Å². The molecule has 0 amide bonds. The fourth-order valence-corrected chi connectivity index (χ4v) is 6.98. The summed E-state index contributed by atoms with van der Waals surface area (Å²) < 4.78 is 5.10. The molecule has 0 aliphatic heterocycles. The van der Waals surface area contributed by atoms with E-state index in [2.05, 4.69) is 96.5 Å². The van der Waals surface area contributed by atoms with Gasteiger partial charge in [0.05, 0.1) is 18.0 Å². The maximum atomic E-state index is 12.0. The van der Waals surface area contributed by atoms with Crippen LogP contribution >= 0.6 is 0 Å². The zero-order chi connectivity index (χ0) is 34.9. The first-order valence-corrected chi connectivity index (χ1v) is 17.8. The Morgan fingerprint density at radius 1 is 0.840 bits per heavy atom. The molecule has 3 heterocycles. The molecule has 0 unspecified atom stereocenters. The van der Waals surface area contributed by atoms with Crippen molar-refractivity contribution >= 4 is 5.97 Å². The minimum atomic E-state index is -0.244. The fraction of sp³-hybridized carbons (Fsp3) is 0.326. The Kier molecular flexibility index (Phi) is 11.4. The zero-order valence-corrected chi connectivity index (χ0v) is 29.4. The van der Waals surface area contributed by atoms with E-state index in [1.807, 2.05) is 12.3 Å². The number of carbonyl (C=O) groups excluding carboxylic acids is 1. The van der Waals surface area contributed by atoms with Crippen molar-refractivity contribution in [3.05, 3.63) is 136 Å². The van der Waals surface area contributed by atoms with Crippen LogP contribution in [0.15, 0.2) is 85.2 Å². The molecule has 0 saturated carbocycles. The van der Waals surface area contributed by atoms with Gasteiger partial charge in [-0.2, -0.15) is 5.26 Å². The second-order valence-corrected chi connectivity index (χ2v) is 13.2. The Morgan fingerprint density at radius 3 is 2.24 bits per heavy atom. The van der Waals surface area contributed by atoms with E-state index in [0.717, 1.165) is 91.1 Å². The Bertz CT molecular complexity index is 1940. The summed E-state index contributed by atoms with van der Waals surface area (Å²) >= 11 is 0. The van der Waals surface area contributed by atoms with E-state index in [1.54, 1.807) is 13.1 Å². The number of hydrogen-bond acceptors (Lipinski definition) is 7. The standard InChI is InChI=1S/C43H45N5O2/c1-4-50-41(49)21-20-34-23-38(40(25-44)45-26-34)42-31(3)30(2)39(27-46-42)43-37-19-11-17-35(37)24-36(47-43)18-12-22-48(28-32-13-7-5-8-14-32)29-33-15-9-6-10-16-33/h5-10,13-16,23-24,26-27H,4,11-12,17-22,28-29H2,1-3H3. The number of aryl methyl sites for hydroxylation is 3. The van der Waals surface area contributed by atoms with Crippen LogP contribution in [0.3, 0.4) is 0 Å². The van der Waals surface area contributed by atoms with Crippen LogP contribution in [0.5, 0.6) is 0 Å². The van der Waals surface area contributed by atoms with Crippen LogP contribution in [0, 0.1) is 25.2 Å². The molecule has 1 aliphatic carbocycles. The van der Waals surface area contributed by atoms with Crippen molar-refractivity contribution in [3.8, 4) is 28.6 Å². The van der Waals surface area contributed by atoms with E-state index in [1.165, 1.54) is 22.3 Å². The number of fused-ring (bicyclic) bond motifs is 1. The lowest BCUT2D eigenvalue weighted by Crippen LogP contribution is -2.24. The van der Waals surface area contributed by atoms with Gasteiger partial charge in [-0.1, -0.05) is 60.7 Å². The number of pyridine rings is 3. The van der Waals surface area contributed by atoms with Gasteiger partial charge in [0, 0.05) is 48.7 Å². The number of nitriles is 1. The second kappa shape index (κ2) is 16.5.